The summed E-state index contributed by atoms with van der Waals surface area (Å²) < 4.78 is 5.97. The molecule has 7 heteroatoms. The van der Waals surface area contributed by atoms with E-state index in [0.29, 0.717) is 35.7 Å². The van der Waals surface area contributed by atoms with Gasteiger partial charge in [0.05, 0.1) is 6.54 Å². The van der Waals surface area contributed by atoms with Crippen LogP contribution in [0.4, 0.5) is 11.4 Å². The summed E-state index contributed by atoms with van der Waals surface area (Å²) in [5.41, 5.74) is 3.60. The Kier molecular flexibility index (Phi) is 9.99. The number of amides is 1. The van der Waals surface area contributed by atoms with E-state index < -0.39 is 17.4 Å². The summed E-state index contributed by atoms with van der Waals surface area (Å²) in [7, 11) is 0. The van der Waals surface area contributed by atoms with E-state index in [9.17, 15) is 19.5 Å². The number of aliphatic carboxylic acids is 1. The highest BCUT2D eigenvalue weighted by molar-refractivity contribution is 6.12. The van der Waals surface area contributed by atoms with E-state index in [4.69, 9.17) is 4.74 Å². The third-order valence-corrected chi connectivity index (χ3v) is 7.01. The van der Waals surface area contributed by atoms with Gasteiger partial charge in [-0.25, -0.2) is 4.79 Å². The monoisotopic (exact) mass is 578 g/mol. The zero-order valence-corrected chi connectivity index (χ0v) is 25.0. The average molecular weight is 579 g/mol. The molecule has 4 aromatic carbocycles. The fourth-order valence-electron chi connectivity index (χ4n) is 4.63. The largest absolute Gasteiger partial charge is 0.492 e. The van der Waals surface area contributed by atoms with E-state index in [1.165, 1.54) is 0 Å². The van der Waals surface area contributed by atoms with Gasteiger partial charge >= 0.3 is 5.97 Å². The molecule has 4 rings (SSSR count). The summed E-state index contributed by atoms with van der Waals surface area (Å²) in [5.74, 6) is -0.578. The predicted octanol–water partition coefficient (Wildman–Crippen LogP) is 6.79. The summed E-state index contributed by atoms with van der Waals surface area (Å²) in [6, 6.07) is 30.0. The van der Waals surface area contributed by atoms with Crippen molar-refractivity contribution >= 4 is 29.0 Å². The normalized spacial score (nSPS) is 11.8. The number of aryl methyl sites for hydroxylation is 1. The first-order chi connectivity index (χ1) is 20.5. The minimum absolute atomic E-state index is 0.00885. The Hall–Kier alpha value is -4.91. The number of ketones is 1. The van der Waals surface area contributed by atoms with Crippen LogP contribution in [-0.2, 0) is 16.0 Å². The number of benzene rings is 4. The van der Waals surface area contributed by atoms with E-state index >= 15 is 0 Å². The van der Waals surface area contributed by atoms with Gasteiger partial charge in [0.15, 0.2) is 5.78 Å². The molecule has 0 fully saturated rings. The molecule has 1 amide bonds. The fourth-order valence-corrected chi connectivity index (χ4v) is 4.63. The Morgan fingerprint density at radius 2 is 1.47 bits per heavy atom. The molecule has 222 valence electrons. The van der Waals surface area contributed by atoms with Crippen molar-refractivity contribution in [1.29, 1.82) is 0 Å². The van der Waals surface area contributed by atoms with E-state index in [2.05, 4.69) is 5.32 Å². The number of nitrogens with zero attached hydrogens (tertiary/aromatic N) is 1. The van der Waals surface area contributed by atoms with Crippen molar-refractivity contribution in [3.05, 3.63) is 125 Å². The summed E-state index contributed by atoms with van der Waals surface area (Å²) in [6.45, 7) is 8.38. The summed E-state index contributed by atoms with van der Waals surface area (Å²) in [5, 5.41) is 13.0. The van der Waals surface area contributed by atoms with E-state index in [0.717, 1.165) is 16.8 Å². The van der Waals surface area contributed by atoms with Crippen molar-refractivity contribution < 1.29 is 24.2 Å². The number of anilines is 2. The molecule has 43 heavy (non-hydrogen) atoms. The van der Waals surface area contributed by atoms with Gasteiger partial charge in [-0.05, 0) is 48.9 Å². The first-order valence-electron chi connectivity index (χ1n) is 14.3. The van der Waals surface area contributed by atoms with Gasteiger partial charge in [-0.3, -0.25) is 9.59 Å². The lowest BCUT2D eigenvalue weighted by atomic mass is 9.94. The van der Waals surface area contributed by atoms with Gasteiger partial charge in [0, 0.05) is 34.3 Å². The number of carboxylic acid groups (broad SMARTS) is 1. The van der Waals surface area contributed by atoms with Gasteiger partial charge in [-0.2, -0.15) is 0 Å². The smallest absolute Gasteiger partial charge is 0.326 e. The van der Waals surface area contributed by atoms with Crippen molar-refractivity contribution in [3.8, 4) is 5.75 Å². The topological polar surface area (TPSA) is 95.9 Å². The molecule has 0 saturated carbocycles. The van der Waals surface area contributed by atoms with Crippen LogP contribution in [0.5, 0.6) is 5.75 Å². The maximum absolute atomic E-state index is 13.2. The summed E-state index contributed by atoms with van der Waals surface area (Å²) >= 11 is 0. The molecule has 0 radical (unpaired) electrons. The first-order valence-corrected chi connectivity index (χ1v) is 14.3. The summed E-state index contributed by atoms with van der Waals surface area (Å²) in [6.07, 6.45) is 0.199. The second kappa shape index (κ2) is 13.8. The van der Waals surface area contributed by atoms with Crippen molar-refractivity contribution in [2.75, 3.05) is 23.4 Å². The molecule has 0 aliphatic carbocycles. The maximum atomic E-state index is 13.2. The van der Waals surface area contributed by atoms with E-state index in [1.54, 1.807) is 65.6 Å². The van der Waals surface area contributed by atoms with Crippen molar-refractivity contribution in [1.82, 2.24) is 0 Å². The van der Waals surface area contributed by atoms with Crippen molar-refractivity contribution in [3.63, 3.8) is 0 Å². The molecule has 0 bridgehead atoms. The molecular formula is C36H38N2O5. The number of hydrogen-bond acceptors (Lipinski definition) is 5. The Labute approximate surface area is 253 Å². The number of para-hydroxylation sites is 1. The lowest BCUT2D eigenvalue weighted by Crippen LogP contribution is -2.41. The second-order valence-electron chi connectivity index (χ2n) is 11.5. The molecule has 2 N–H and O–H groups in total. The second-order valence-corrected chi connectivity index (χ2v) is 11.5. The van der Waals surface area contributed by atoms with Crippen LogP contribution in [0.1, 0.15) is 47.8 Å². The molecule has 0 aromatic heterocycles. The van der Waals surface area contributed by atoms with E-state index in [-0.39, 0.29) is 18.1 Å². The number of carbonyl (C=O) groups is 3. The third kappa shape index (κ3) is 8.32. The molecule has 0 heterocycles. The summed E-state index contributed by atoms with van der Waals surface area (Å²) in [4.78, 5) is 40.2. The van der Waals surface area contributed by atoms with Gasteiger partial charge in [-0.1, -0.05) is 93.1 Å². The third-order valence-electron chi connectivity index (χ3n) is 7.01. The number of rotatable bonds is 12. The lowest BCUT2D eigenvalue weighted by Gasteiger charge is -2.29. The molecule has 4 aromatic rings. The maximum Gasteiger partial charge on any atom is 0.326 e. The van der Waals surface area contributed by atoms with Crippen LogP contribution in [-0.4, -0.2) is 42.0 Å². The minimum Gasteiger partial charge on any atom is -0.492 e. The van der Waals surface area contributed by atoms with Crippen LogP contribution >= 0.6 is 0 Å². The Bertz CT molecular complexity index is 1540. The van der Waals surface area contributed by atoms with Crippen LogP contribution in [0, 0.1) is 12.3 Å². The fraction of sp³-hybridized carbons (Fsp3) is 0.250. The molecule has 1 atom stereocenters. The molecule has 0 saturated heterocycles. The van der Waals surface area contributed by atoms with Crippen LogP contribution in [0.2, 0.25) is 0 Å². The quantitative estimate of drug-likeness (QED) is 0.180. The highest BCUT2D eigenvalue weighted by Crippen LogP contribution is 2.25. The van der Waals surface area contributed by atoms with Gasteiger partial charge in [0.1, 0.15) is 18.4 Å². The Morgan fingerprint density at radius 3 is 2.09 bits per heavy atom. The van der Waals surface area contributed by atoms with Gasteiger partial charge < -0.3 is 20.1 Å². The number of ether oxygens (including phenoxy) is 1. The molecule has 0 aliphatic rings. The number of hydrogen-bond donors (Lipinski definition) is 2. The molecule has 0 aliphatic heterocycles. The highest BCUT2D eigenvalue weighted by atomic mass is 16.5. The standard InChI is InChI=1S/C36H38N2O5/c1-25-14-18-28(19-15-25)38(35(42)36(2,3)4)22-23-43-29-20-16-26(17-21-29)24-32(34(40)41)37-31-13-9-8-12-30(31)33(39)27-10-6-5-7-11-27/h5-21,32,37H,22-24H2,1-4H3,(H,40,41)/t32-/m0/s1. The van der Waals surface area contributed by atoms with Crippen molar-refractivity contribution in [2.45, 2.75) is 40.2 Å². The van der Waals surface area contributed by atoms with Crippen molar-refractivity contribution in [2.24, 2.45) is 5.41 Å². The van der Waals surface area contributed by atoms with Crippen LogP contribution in [0.15, 0.2) is 103 Å². The Balaban J connectivity index is 1.40. The average Bonchev–Trinajstić information content (AvgIpc) is 3.00. The molecule has 0 unspecified atom stereocenters. The zero-order valence-electron chi connectivity index (χ0n) is 25.0. The van der Waals surface area contributed by atoms with E-state index in [1.807, 2.05) is 70.2 Å². The van der Waals surface area contributed by atoms with Crippen LogP contribution < -0.4 is 15.0 Å². The molecular weight excluding hydrogens is 540 g/mol. The molecule has 0 spiro atoms. The predicted molar refractivity (Wildman–Crippen MR) is 170 cm³/mol. The minimum atomic E-state index is -1.03. The Morgan fingerprint density at radius 1 is 0.837 bits per heavy atom. The van der Waals surface area contributed by atoms with Crippen LogP contribution in [0.3, 0.4) is 0 Å². The van der Waals surface area contributed by atoms with Gasteiger partial charge in [-0.15, -0.1) is 0 Å². The lowest BCUT2D eigenvalue weighted by molar-refractivity contribution is -0.137. The molecule has 7 nitrogen and oxygen atoms in total. The number of carboxylic acids is 1. The van der Waals surface area contributed by atoms with Crippen LogP contribution in [0.25, 0.3) is 0 Å². The number of nitrogens with one attached hydrogen (secondary N) is 1. The SMILES string of the molecule is Cc1ccc(N(CCOc2ccc(C[C@H](Nc3ccccc3C(=O)c3ccccc3)C(=O)O)cc2)C(=O)C(C)(C)C)cc1. The number of carbonyl (C=O) groups excluding carboxylic acids is 2. The zero-order chi connectivity index (χ0) is 31.0. The highest BCUT2D eigenvalue weighted by Gasteiger charge is 2.28. The first kappa shape index (κ1) is 31.0. The van der Waals surface area contributed by atoms with Gasteiger partial charge in [0.25, 0.3) is 0 Å². The van der Waals surface area contributed by atoms with Gasteiger partial charge in [0.2, 0.25) is 5.91 Å².